The number of anilines is 1. The van der Waals surface area contributed by atoms with Crippen LogP contribution in [0.15, 0.2) is 78.0 Å². The highest BCUT2D eigenvalue weighted by Gasteiger charge is 2.14. The topological polar surface area (TPSA) is 46.9 Å². The Balaban J connectivity index is 1.50. The van der Waals surface area contributed by atoms with Crippen molar-refractivity contribution in [3.05, 3.63) is 89.5 Å². The van der Waals surface area contributed by atoms with Crippen molar-refractivity contribution in [2.75, 3.05) is 11.1 Å². The maximum Gasteiger partial charge on any atom is 0.234 e. The average molecular weight is 430 g/mol. The Hall–Kier alpha value is -3.05. The van der Waals surface area contributed by atoms with Crippen LogP contribution in [-0.4, -0.2) is 21.2 Å². The Morgan fingerprint density at radius 1 is 1.00 bits per heavy atom. The van der Waals surface area contributed by atoms with Crippen molar-refractivity contribution in [1.82, 2.24) is 9.55 Å². The second-order valence-corrected chi connectivity index (χ2v) is 8.95. The Kier molecular flexibility index (Phi) is 6.42. The van der Waals surface area contributed by atoms with Crippen molar-refractivity contribution >= 4 is 34.4 Å². The second kappa shape index (κ2) is 9.40. The van der Waals surface area contributed by atoms with Crippen LogP contribution in [0.4, 0.5) is 5.69 Å². The maximum absolute atomic E-state index is 12.6. The van der Waals surface area contributed by atoms with Gasteiger partial charge in [0.25, 0.3) is 0 Å². The fourth-order valence-electron chi connectivity index (χ4n) is 3.55. The fourth-order valence-corrected chi connectivity index (χ4v) is 4.37. The van der Waals surface area contributed by atoms with Crippen LogP contribution in [0.5, 0.6) is 0 Å². The molecule has 5 heteroatoms. The van der Waals surface area contributed by atoms with Crippen molar-refractivity contribution in [3.8, 4) is 0 Å². The minimum atomic E-state index is -0.0307. The summed E-state index contributed by atoms with van der Waals surface area (Å²) < 4.78 is 2.20. The number of amides is 1. The summed E-state index contributed by atoms with van der Waals surface area (Å²) in [7, 11) is 0. The first kappa shape index (κ1) is 21.2. The minimum Gasteiger partial charge on any atom is -0.325 e. The molecule has 0 unspecified atom stereocenters. The van der Waals surface area contributed by atoms with Gasteiger partial charge < -0.3 is 9.88 Å². The molecule has 0 saturated heterocycles. The predicted molar refractivity (Wildman–Crippen MR) is 130 cm³/mol. The smallest absolute Gasteiger partial charge is 0.234 e. The lowest BCUT2D eigenvalue weighted by Gasteiger charge is -2.11. The number of aromatic nitrogens is 2. The van der Waals surface area contributed by atoms with Crippen LogP contribution < -0.4 is 5.32 Å². The van der Waals surface area contributed by atoms with Gasteiger partial charge >= 0.3 is 0 Å². The summed E-state index contributed by atoms with van der Waals surface area (Å²) >= 11 is 1.47. The number of thioether (sulfide) groups is 1. The van der Waals surface area contributed by atoms with Gasteiger partial charge in [-0.2, -0.15) is 0 Å². The van der Waals surface area contributed by atoms with E-state index in [4.69, 9.17) is 4.98 Å². The lowest BCUT2D eigenvalue weighted by molar-refractivity contribution is -0.113. The Labute approximate surface area is 187 Å². The molecule has 4 aromatic rings. The SMILES string of the molecule is Cc1ccccc1Cn1c(SCC(=O)Nc2ccc(C(C)C)cc2)nc2ccccc21. The molecule has 1 heterocycles. The van der Waals surface area contributed by atoms with E-state index >= 15 is 0 Å². The lowest BCUT2D eigenvalue weighted by Crippen LogP contribution is -2.14. The minimum absolute atomic E-state index is 0.0307. The van der Waals surface area contributed by atoms with Gasteiger partial charge in [-0.1, -0.05) is 74.1 Å². The molecule has 3 aromatic carbocycles. The summed E-state index contributed by atoms with van der Waals surface area (Å²) in [5.74, 6) is 0.751. The number of rotatable bonds is 7. The number of carbonyl (C=O) groups excluding carboxylic acids is 1. The van der Waals surface area contributed by atoms with Crippen LogP contribution in [0, 0.1) is 6.92 Å². The molecule has 0 radical (unpaired) electrons. The molecule has 0 bridgehead atoms. The number of benzene rings is 3. The third-order valence-electron chi connectivity index (χ3n) is 5.40. The number of imidazole rings is 1. The van der Waals surface area contributed by atoms with E-state index in [2.05, 4.69) is 73.1 Å². The number of carbonyl (C=O) groups is 1. The quantitative estimate of drug-likeness (QED) is 0.353. The zero-order chi connectivity index (χ0) is 21.8. The summed E-state index contributed by atoms with van der Waals surface area (Å²) in [6, 6.07) is 24.6. The predicted octanol–water partition coefficient (Wildman–Crippen LogP) is 6.25. The molecule has 4 rings (SSSR count). The number of hydrogen-bond acceptors (Lipinski definition) is 3. The molecule has 1 amide bonds. The molecule has 0 aliphatic rings. The van der Waals surface area contributed by atoms with Gasteiger partial charge in [-0.05, 0) is 53.8 Å². The van der Waals surface area contributed by atoms with Gasteiger partial charge in [0.15, 0.2) is 5.16 Å². The summed E-state index contributed by atoms with van der Waals surface area (Å²) in [4.78, 5) is 17.4. The number of para-hydroxylation sites is 2. The van der Waals surface area contributed by atoms with Gasteiger partial charge in [0.1, 0.15) is 0 Å². The molecular formula is C26H27N3OS. The first-order valence-electron chi connectivity index (χ1n) is 10.5. The van der Waals surface area contributed by atoms with Gasteiger partial charge in [-0.3, -0.25) is 4.79 Å². The third kappa shape index (κ3) is 5.00. The van der Waals surface area contributed by atoms with Gasteiger partial charge in [0.2, 0.25) is 5.91 Å². The number of nitrogens with zero attached hydrogens (tertiary/aromatic N) is 2. The van der Waals surface area contributed by atoms with E-state index < -0.39 is 0 Å². The van der Waals surface area contributed by atoms with E-state index in [1.165, 1.54) is 28.5 Å². The van der Waals surface area contributed by atoms with Crippen molar-refractivity contribution in [1.29, 1.82) is 0 Å². The molecule has 0 aliphatic heterocycles. The van der Waals surface area contributed by atoms with Gasteiger partial charge in [-0.15, -0.1) is 0 Å². The maximum atomic E-state index is 12.6. The first-order valence-corrected chi connectivity index (χ1v) is 11.5. The van der Waals surface area contributed by atoms with E-state index in [9.17, 15) is 4.79 Å². The lowest BCUT2D eigenvalue weighted by atomic mass is 10.0. The number of hydrogen-bond donors (Lipinski definition) is 1. The number of aryl methyl sites for hydroxylation is 1. The largest absolute Gasteiger partial charge is 0.325 e. The van der Waals surface area contributed by atoms with Crippen LogP contribution in [0.25, 0.3) is 11.0 Å². The zero-order valence-corrected chi connectivity index (χ0v) is 18.9. The van der Waals surface area contributed by atoms with Crippen molar-refractivity contribution in [2.24, 2.45) is 0 Å². The van der Waals surface area contributed by atoms with E-state index in [0.717, 1.165) is 28.4 Å². The number of fused-ring (bicyclic) bond motifs is 1. The standard InChI is InChI=1S/C26H27N3OS/c1-18(2)20-12-14-22(15-13-20)27-25(30)17-31-26-28-23-10-6-7-11-24(23)29(26)16-21-9-5-4-8-19(21)3/h4-15,18H,16-17H2,1-3H3,(H,27,30). The molecule has 0 aliphatic carbocycles. The van der Waals surface area contributed by atoms with Crippen molar-refractivity contribution in [2.45, 2.75) is 38.4 Å². The summed E-state index contributed by atoms with van der Waals surface area (Å²) in [5.41, 5.74) is 6.61. The average Bonchev–Trinajstić information content (AvgIpc) is 3.12. The highest BCUT2D eigenvalue weighted by atomic mass is 32.2. The Morgan fingerprint density at radius 3 is 2.45 bits per heavy atom. The van der Waals surface area contributed by atoms with Crippen molar-refractivity contribution < 1.29 is 4.79 Å². The normalized spacial score (nSPS) is 11.2. The van der Waals surface area contributed by atoms with Crippen LogP contribution >= 0.6 is 11.8 Å². The van der Waals surface area contributed by atoms with Gasteiger partial charge in [0, 0.05) is 5.69 Å². The third-order valence-corrected chi connectivity index (χ3v) is 6.38. The first-order chi connectivity index (χ1) is 15.0. The van der Waals surface area contributed by atoms with E-state index in [1.807, 2.05) is 30.3 Å². The van der Waals surface area contributed by atoms with Crippen LogP contribution in [-0.2, 0) is 11.3 Å². The Bertz CT molecular complexity index is 1190. The van der Waals surface area contributed by atoms with Gasteiger partial charge in [0.05, 0.1) is 23.3 Å². The molecule has 0 saturated carbocycles. The van der Waals surface area contributed by atoms with Crippen LogP contribution in [0.1, 0.15) is 36.5 Å². The highest BCUT2D eigenvalue weighted by molar-refractivity contribution is 7.99. The summed E-state index contributed by atoms with van der Waals surface area (Å²) in [6.45, 7) is 7.17. The van der Waals surface area contributed by atoms with Gasteiger partial charge in [-0.25, -0.2) is 4.98 Å². The number of nitrogens with one attached hydrogen (secondary N) is 1. The molecule has 0 atom stereocenters. The molecule has 0 fully saturated rings. The molecule has 158 valence electrons. The monoisotopic (exact) mass is 429 g/mol. The highest BCUT2D eigenvalue weighted by Crippen LogP contribution is 2.26. The zero-order valence-electron chi connectivity index (χ0n) is 18.1. The van der Waals surface area contributed by atoms with Crippen LogP contribution in [0.3, 0.4) is 0 Å². The second-order valence-electron chi connectivity index (χ2n) is 8.01. The molecule has 0 spiro atoms. The fraction of sp³-hybridized carbons (Fsp3) is 0.231. The molecule has 31 heavy (non-hydrogen) atoms. The van der Waals surface area contributed by atoms with E-state index in [-0.39, 0.29) is 5.91 Å². The molecule has 1 aromatic heterocycles. The molecule has 1 N–H and O–H groups in total. The molecule has 4 nitrogen and oxygen atoms in total. The summed E-state index contributed by atoms with van der Waals surface area (Å²) in [6.07, 6.45) is 0. The Morgan fingerprint density at radius 2 is 1.71 bits per heavy atom. The van der Waals surface area contributed by atoms with E-state index in [1.54, 1.807) is 0 Å². The van der Waals surface area contributed by atoms with E-state index in [0.29, 0.717) is 11.7 Å². The van der Waals surface area contributed by atoms with Crippen molar-refractivity contribution in [3.63, 3.8) is 0 Å². The molecular weight excluding hydrogens is 402 g/mol. The summed E-state index contributed by atoms with van der Waals surface area (Å²) in [5, 5.41) is 3.85. The van der Waals surface area contributed by atoms with Crippen LogP contribution in [0.2, 0.25) is 0 Å².